The fourth-order valence-corrected chi connectivity index (χ4v) is 6.24. The van der Waals surface area contributed by atoms with Crippen LogP contribution in [0.25, 0.3) is 0 Å². The van der Waals surface area contributed by atoms with Crippen LogP contribution in [0.2, 0.25) is 0 Å². The number of anilines is 1. The van der Waals surface area contributed by atoms with Crippen LogP contribution in [0.15, 0.2) is 114 Å². The predicted molar refractivity (Wildman–Crippen MR) is 171 cm³/mol. The molecule has 0 aromatic heterocycles. The van der Waals surface area contributed by atoms with Gasteiger partial charge in [0, 0.05) is 19.0 Å². The monoisotopic (exact) mass is 615 g/mol. The number of sulfonamides is 1. The molecule has 0 fully saturated rings. The van der Waals surface area contributed by atoms with E-state index in [4.69, 9.17) is 0 Å². The Morgan fingerprint density at radius 1 is 0.841 bits per heavy atom. The average Bonchev–Trinajstić information content (AvgIpc) is 3.03. The van der Waals surface area contributed by atoms with Gasteiger partial charge in [-0.25, -0.2) is 12.8 Å². The number of benzene rings is 4. The van der Waals surface area contributed by atoms with E-state index in [2.05, 4.69) is 5.32 Å². The number of carbonyl (C=O) groups is 2. The fraction of sp³-hybridized carbons (Fsp3) is 0.257. The molecule has 0 unspecified atom stereocenters. The molecule has 0 heterocycles. The zero-order valence-corrected chi connectivity index (χ0v) is 26.0. The third-order valence-corrected chi connectivity index (χ3v) is 9.23. The van der Waals surface area contributed by atoms with Crippen molar-refractivity contribution in [2.24, 2.45) is 0 Å². The van der Waals surface area contributed by atoms with Crippen LogP contribution in [-0.4, -0.2) is 43.8 Å². The minimum Gasteiger partial charge on any atom is -0.352 e. The van der Waals surface area contributed by atoms with E-state index in [9.17, 15) is 22.4 Å². The van der Waals surface area contributed by atoms with Crippen molar-refractivity contribution in [1.82, 2.24) is 10.2 Å². The molecule has 9 heteroatoms. The van der Waals surface area contributed by atoms with E-state index in [1.165, 1.54) is 29.2 Å². The van der Waals surface area contributed by atoms with Gasteiger partial charge < -0.3 is 10.2 Å². The summed E-state index contributed by atoms with van der Waals surface area (Å²) in [6.07, 6.45) is 0.887. The Labute approximate surface area is 259 Å². The first-order valence-corrected chi connectivity index (χ1v) is 16.0. The Morgan fingerprint density at radius 3 is 2.09 bits per heavy atom. The van der Waals surface area contributed by atoms with Crippen molar-refractivity contribution in [2.45, 2.75) is 57.1 Å². The molecule has 0 aliphatic heterocycles. The van der Waals surface area contributed by atoms with Gasteiger partial charge in [0.2, 0.25) is 11.8 Å². The van der Waals surface area contributed by atoms with Gasteiger partial charge in [-0.15, -0.1) is 0 Å². The van der Waals surface area contributed by atoms with Crippen LogP contribution in [0.3, 0.4) is 0 Å². The van der Waals surface area contributed by atoms with E-state index in [0.717, 1.165) is 15.4 Å². The number of hydrogen-bond acceptors (Lipinski definition) is 4. The summed E-state index contributed by atoms with van der Waals surface area (Å²) in [6, 6.07) is 28.8. The van der Waals surface area contributed by atoms with Crippen molar-refractivity contribution >= 4 is 27.5 Å². The minimum absolute atomic E-state index is 0.0302. The first-order valence-electron chi connectivity index (χ1n) is 14.6. The van der Waals surface area contributed by atoms with Crippen LogP contribution in [0.1, 0.15) is 37.0 Å². The summed E-state index contributed by atoms with van der Waals surface area (Å²) in [7, 11) is -4.17. The predicted octanol–water partition coefficient (Wildman–Crippen LogP) is 5.88. The third kappa shape index (κ3) is 8.32. The van der Waals surface area contributed by atoms with Gasteiger partial charge in [0.05, 0.1) is 10.6 Å². The second-order valence-electron chi connectivity index (χ2n) is 10.8. The zero-order valence-electron chi connectivity index (χ0n) is 25.2. The Balaban J connectivity index is 1.80. The highest BCUT2D eigenvalue weighted by molar-refractivity contribution is 7.92. The molecule has 0 saturated heterocycles. The summed E-state index contributed by atoms with van der Waals surface area (Å²) in [4.78, 5) is 29.7. The maximum atomic E-state index is 14.4. The number of nitrogens with zero attached hydrogens (tertiary/aromatic N) is 2. The average molecular weight is 616 g/mol. The molecule has 44 heavy (non-hydrogen) atoms. The van der Waals surface area contributed by atoms with E-state index >= 15 is 0 Å². The second-order valence-corrected chi connectivity index (χ2v) is 12.7. The topological polar surface area (TPSA) is 86.8 Å². The molecule has 0 radical (unpaired) electrons. The number of amides is 2. The van der Waals surface area contributed by atoms with E-state index in [1.54, 1.807) is 48.5 Å². The summed E-state index contributed by atoms with van der Waals surface area (Å²) in [5.74, 6) is -1.36. The first kappa shape index (κ1) is 32.4. The van der Waals surface area contributed by atoms with E-state index in [-0.39, 0.29) is 29.8 Å². The second kappa shape index (κ2) is 14.8. The zero-order chi connectivity index (χ0) is 31.7. The molecule has 0 spiro atoms. The van der Waals surface area contributed by atoms with Crippen molar-refractivity contribution in [3.8, 4) is 0 Å². The SMILES string of the molecule is CC[C@H](C)NC(=O)[C@@H](Cc1ccccc1)N(Cc1ccc(F)cc1)C(=O)CN(c1cccc(C)c1)S(=O)(=O)c1ccccc1. The minimum atomic E-state index is -4.17. The maximum absolute atomic E-state index is 14.4. The number of rotatable bonds is 13. The first-order chi connectivity index (χ1) is 21.1. The van der Waals surface area contributed by atoms with Gasteiger partial charge in [0.25, 0.3) is 10.0 Å². The third-order valence-electron chi connectivity index (χ3n) is 7.44. The summed E-state index contributed by atoms with van der Waals surface area (Å²) < 4.78 is 42.9. The van der Waals surface area contributed by atoms with Gasteiger partial charge in [-0.2, -0.15) is 0 Å². The lowest BCUT2D eigenvalue weighted by Gasteiger charge is -2.34. The molecule has 0 aliphatic rings. The Morgan fingerprint density at radius 2 is 1.48 bits per heavy atom. The van der Waals surface area contributed by atoms with Crippen LogP contribution in [0, 0.1) is 12.7 Å². The van der Waals surface area contributed by atoms with Crippen molar-refractivity contribution in [3.05, 3.63) is 132 Å². The van der Waals surface area contributed by atoms with Crippen LogP contribution < -0.4 is 9.62 Å². The van der Waals surface area contributed by atoms with Crippen molar-refractivity contribution in [3.63, 3.8) is 0 Å². The lowest BCUT2D eigenvalue weighted by atomic mass is 10.0. The van der Waals surface area contributed by atoms with Gasteiger partial charge >= 0.3 is 0 Å². The van der Waals surface area contributed by atoms with Crippen LogP contribution in [0.5, 0.6) is 0 Å². The molecule has 2 atom stereocenters. The van der Waals surface area contributed by atoms with Gasteiger partial charge in [0.1, 0.15) is 18.4 Å². The number of aryl methyl sites for hydroxylation is 1. The molecule has 4 aromatic rings. The highest BCUT2D eigenvalue weighted by Gasteiger charge is 2.35. The molecule has 0 aliphatic carbocycles. The molecule has 1 N–H and O–H groups in total. The largest absolute Gasteiger partial charge is 0.352 e. The molecule has 7 nitrogen and oxygen atoms in total. The van der Waals surface area contributed by atoms with E-state index in [1.807, 2.05) is 57.2 Å². The summed E-state index contributed by atoms with van der Waals surface area (Å²) >= 11 is 0. The standard InChI is InChI=1S/C35H38FN3O4S/c1-4-27(3)37-35(41)33(23-28-13-7-5-8-14-28)38(24-29-18-20-30(36)21-19-29)34(40)25-39(31-15-11-12-26(2)22-31)44(42,43)32-16-9-6-10-17-32/h5-22,27,33H,4,23-25H2,1-3H3,(H,37,41)/t27-,33+/m0/s1. The fourth-order valence-electron chi connectivity index (χ4n) is 4.81. The van der Waals surface area contributed by atoms with Crippen molar-refractivity contribution < 1.29 is 22.4 Å². The highest BCUT2D eigenvalue weighted by atomic mass is 32.2. The molecular formula is C35H38FN3O4S. The number of nitrogens with one attached hydrogen (secondary N) is 1. The van der Waals surface area contributed by atoms with E-state index in [0.29, 0.717) is 17.7 Å². The van der Waals surface area contributed by atoms with Crippen LogP contribution >= 0.6 is 0 Å². The number of hydrogen-bond donors (Lipinski definition) is 1. The molecule has 4 rings (SSSR count). The van der Waals surface area contributed by atoms with Gasteiger partial charge in [0.15, 0.2) is 0 Å². The van der Waals surface area contributed by atoms with Gasteiger partial charge in [-0.05, 0) is 73.4 Å². The molecular weight excluding hydrogens is 577 g/mol. The smallest absolute Gasteiger partial charge is 0.264 e. The molecule has 2 amide bonds. The molecule has 0 bridgehead atoms. The summed E-state index contributed by atoms with van der Waals surface area (Å²) in [5, 5.41) is 3.00. The maximum Gasteiger partial charge on any atom is 0.264 e. The van der Waals surface area contributed by atoms with Crippen molar-refractivity contribution in [2.75, 3.05) is 10.8 Å². The van der Waals surface area contributed by atoms with E-state index < -0.39 is 34.3 Å². The molecule has 0 saturated carbocycles. The summed E-state index contributed by atoms with van der Waals surface area (Å²) in [6.45, 7) is 5.10. The quantitative estimate of drug-likeness (QED) is 0.203. The normalized spacial score (nSPS) is 12.6. The Hall–Kier alpha value is -4.50. The lowest BCUT2D eigenvalue weighted by Crippen LogP contribution is -2.54. The van der Waals surface area contributed by atoms with Crippen LogP contribution in [-0.2, 0) is 32.6 Å². The Bertz CT molecular complexity index is 1650. The molecule has 4 aromatic carbocycles. The van der Waals surface area contributed by atoms with Crippen LogP contribution in [0.4, 0.5) is 10.1 Å². The Kier molecular flexibility index (Phi) is 10.9. The van der Waals surface area contributed by atoms with Crippen molar-refractivity contribution in [1.29, 1.82) is 0 Å². The lowest BCUT2D eigenvalue weighted by molar-refractivity contribution is -0.140. The van der Waals surface area contributed by atoms with Gasteiger partial charge in [-0.1, -0.05) is 79.7 Å². The number of halogens is 1. The highest BCUT2D eigenvalue weighted by Crippen LogP contribution is 2.26. The molecule has 230 valence electrons. The summed E-state index contributed by atoms with van der Waals surface area (Å²) in [5.41, 5.74) is 2.58. The van der Waals surface area contributed by atoms with Gasteiger partial charge in [-0.3, -0.25) is 13.9 Å². The number of carbonyl (C=O) groups excluding carboxylic acids is 2.